The van der Waals surface area contributed by atoms with E-state index in [2.05, 4.69) is 16.6 Å². The van der Waals surface area contributed by atoms with Crippen LogP contribution in [0.5, 0.6) is 0 Å². The fourth-order valence-corrected chi connectivity index (χ4v) is 2.79. The fraction of sp³-hybridized carbons (Fsp3) is 0.167. The number of hydrogen-bond donors (Lipinski definition) is 1. The summed E-state index contributed by atoms with van der Waals surface area (Å²) in [5.74, 6) is 0. The number of non-ortho nitro benzene ring substituents is 1. The molecule has 0 heterocycles. The summed E-state index contributed by atoms with van der Waals surface area (Å²) in [6.45, 7) is 0. The van der Waals surface area contributed by atoms with Gasteiger partial charge < -0.3 is 0 Å². The van der Waals surface area contributed by atoms with Crippen molar-refractivity contribution in [3.8, 4) is 0 Å². The Bertz CT molecular complexity index is 907. The second-order valence-electron chi connectivity index (χ2n) is 5.76. The van der Waals surface area contributed by atoms with Gasteiger partial charge in [0.1, 0.15) is 5.69 Å². The third kappa shape index (κ3) is 3.75. The van der Waals surface area contributed by atoms with Gasteiger partial charge in [-0.15, -0.1) is 0 Å². The van der Waals surface area contributed by atoms with Crippen molar-refractivity contribution in [3.05, 3.63) is 80.4 Å². The second kappa shape index (κ2) is 7.56. The quantitative estimate of drug-likeness (QED) is 0.627. The summed E-state index contributed by atoms with van der Waals surface area (Å²) < 4.78 is 0. The van der Waals surface area contributed by atoms with Crippen LogP contribution in [0.4, 0.5) is 17.1 Å². The number of nitrogens with one attached hydrogen (secondary N) is 1. The van der Waals surface area contributed by atoms with Crippen molar-refractivity contribution in [2.24, 2.45) is 5.10 Å². The largest absolute Gasteiger partial charge is 0.301 e. The first kappa shape index (κ1) is 17.3. The molecule has 0 unspecified atom stereocenters. The molecule has 0 bridgehead atoms. The van der Waals surface area contributed by atoms with Crippen LogP contribution < -0.4 is 5.43 Å². The zero-order valence-electron chi connectivity index (χ0n) is 13.8. The van der Waals surface area contributed by atoms with Gasteiger partial charge in [-0.05, 0) is 30.9 Å². The number of allylic oxidation sites excluding steroid dienone is 2. The van der Waals surface area contributed by atoms with Crippen LogP contribution in [0.1, 0.15) is 24.8 Å². The van der Waals surface area contributed by atoms with Crippen LogP contribution in [0.3, 0.4) is 0 Å². The summed E-state index contributed by atoms with van der Waals surface area (Å²) in [4.78, 5) is 20.7. The smallest absolute Gasteiger partial charge is 0.271 e. The first-order valence-corrected chi connectivity index (χ1v) is 8.07. The van der Waals surface area contributed by atoms with Crippen molar-refractivity contribution in [2.45, 2.75) is 19.3 Å². The Hall–Kier alpha value is -3.55. The standard InChI is InChI=1S/C18H16N4O4/c23-21(24)14-10-11-17(18(12-14)22(25)26)20-19-16-9-5-4-8-15(16)13-6-2-1-3-7-13/h1-3,6-8,10-12,20H,4-5,9H2/b19-16+. The van der Waals surface area contributed by atoms with Crippen LogP contribution in [0.15, 0.2) is 59.7 Å². The van der Waals surface area contributed by atoms with Gasteiger partial charge in [0.05, 0.1) is 21.6 Å². The molecule has 0 saturated heterocycles. The molecule has 8 nitrogen and oxygen atoms in total. The number of hydrogen-bond acceptors (Lipinski definition) is 6. The van der Waals surface area contributed by atoms with Gasteiger partial charge in [-0.25, -0.2) is 0 Å². The van der Waals surface area contributed by atoms with Crippen molar-refractivity contribution in [1.29, 1.82) is 0 Å². The monoisotopic (exact) mass is 352 g/mol. The minimum Gasteiger partial charge on any atom is -0.271 e. The van der Waals surface area contributed by atoms with E-state index >= 15 is 0 Å². The van der Waals surface area contributed by atoms with Gasteiger partial charge >= 0.3 is 5.69 Å². The molecule has 1 aliphatic rings. The van der Waals surface area contributed by atoms with E-state index in [4.69, 9.17) is 0 Å². The molecular weight excluding hydrogens is 336 g/mol. The normalized spacial score (nSPS) is 15.4. The Kier molecular flexibility index (Phi) is 5.02. The van der Waals surface area contributed by atoms with E-state index in [1.54, 1.807) is 0 Å². The van der Waals surface area contributed by atoms with E-state index < -0.39 is 9.85 Å². The van der Waals surface area contributed by atoms with E-state index in [1.807, 2.05) is 30.3 Å². The molecule has 0 aliphatic heterocycles. The second-order valence-corrected chi connectivity index (χ2v) is 5.76. The Morgan fingerprint density at radius 1 is 1.00 bits per heavy atom. The number of nitro benzene ring substituents is 2. The van der Waals surface area contributed by atoms with Gasteiger partial charge in [-0.2, -0.15) is 5.10 Å². The molecule has 2 aromatic carbocycles. The summed E-state index contributed by atoms with van der Waals surface area (Å²) in [5.41, 5.74) is 4.94. The molecule has 2 aromatic rings. The zero-order valence-corrected chi connectivity index (χ0v) is 13.8. The van der Waals surface area contributed by atoms with Crippen LogP contribution in [0.2, 0.25) is 0 Å². The number of rotatable bonds is 5. The maximum atomic E-state index is 11.2. The summed E-state index contributed by atoms with van der Waals surface area (Å²) in [6, 6.07) is 13.2. The number of nitrogens with zero attached hydrogens (tertiary/aromatic N) is 3. The van der Waals surface area contributed by atoms with Gasteiger partial charge in [0.15, 0.2) is 0 Å². The molecule has 8 heteroatoms. The first-order valence-electron chi connectivity index (χ1n) is 8.07. The predicted molar refractivity (Wildman–Crippen MR) is 99.1 cm³/mol. The van der Waals surface area contributed by atoms with Crippen LogP contribution in [0, 0.1) is 20.2 Å². The molecule has 0 spiro atoms. The molecule has 0 amide bonds. The zero-order chi connectivity index (χ0) is 18.5. The van der Waals surface area contributed by atoms with Gasteiger partial charge in [0, 0.05) is 11.6 Å². The predicted octanol–water partition coefficient (Wildman–Crippen LogP) is 4.54. The van der Waals surface area contributed by atoms with E-state index in [9.17, 15) is 20.2 Å². The van der Waals surface area contributed by atoms with Crippen molar-refractivity contribution in [3.63, 3.8) is 0 Å². The minimum absolute atomic E-state index is 0.117. The Morgan fingerprint density at radius 2 is 1.77 bits per heavy atom. The Labute approximate surface area is 149 Å². The van der Waals surface area contributed by atoms with Gasteiger partial charge in [-0.3, -0.25) is 25.7 Å². The fourth-order valence-electron chi connectivity index (χ4n) is 2.79. The third-order valence-electron chi connectivity index (χ3n) is 4.06. The van der Waals surface area contributed by atoms with Gasteiger partial charge in [0.25, 0.3) is 5.69 Å². The topological polar surface area (TPSA) is 111 Å². The van der Waals surface area contributed by atoms with E-state index in [0.717, 1.165) is 42.2 Å². The van der Waals surface area contributed by atoms with Gasteiger partial charge in [-0.1, -0.05) is 36.4 Å². The third-order valence-corrected chi connectivity index (χ3v) is 4.06. The Morgan fingerprint density at radius 3 is 2.46 bits per heavy atom. The van der Waals surface area contributed by atoms with E-state index in [0.29, 0.717) is 0 Å². The van der Waals surface area contributed by atoms with E-state index in [1.165, 1.54) is 12.1 Å². The van der Waals surface area contributed by atoms with Crippen molar-refractivity contribution in [1.82, 2.24) is 0 Å². The molecule has 1 aliphatic carbocycles. The lowest BCUT2D eigenvalue weighted by Crippen LogP contribution is -2.10. The average molecular weight is 352 g/mol. The van der Waals surface area contributed by atoms with Crippen molar-refractivity contribution in [2.75, 3.05) is 5.43 Å². The minimum atomic E-state index is -0.667. The molecular formula is C18H16N4O4. The highest BCUT2D eigenvalue weighted by atomic mass is 16.6. The molecule has 132 valence electrons. The van der Waals surface area contributed by atoms with E-state index in [-0.39, 0.29) is 17.1 Å². The number of anilines is 1. The molecule has 0 atom stereocenters. The maximum absolute atomic E-state index is 11.2. The lowest BCUT2D eigenvalue weighted by molar-refractivity contribution is -0.393. The molecule has 0 saturated carbocycles. The molecule has 26 heavy (non-hydrogen) atoms. The molecule has 0 fully saturated rings. The Balaban J connectivity index is 1.91. The van der Waals surface area contributed by atoms with Crippen LogP contribution in [-0.4, -0.2) is 15.6 Å². The first-order chi connectivity index (χ1) is 12.6. The lowest BCUT2D eigenvalue weighted by atomic mass is 9.92. The maximum Gasteiger partial charge on any atom is 0.301 e. The number of benzene rings is 2. The molecule has 0 radical (unpaired) electrons. The number of nitro groups is 2. The average Bonchev–Trinajstić information content (AvgIpc) is 2.67. The van der Waals surface area contributed by atoms with Crippen LogP contribution in [-0.2, 0) is 0 Å². The van der Waals surface area contributed by atoms with Crippen molar-refractivity contribution < 1.29 is 9.85 Å². The molecule has 3 rings (SSSR count). The lowest BCUT2D eigenvalue weighted by Gasteiger charge is -2.16. The number of hydrazone groups is 1. The summed E-state index contributed by atoms with van der Waals surface area (Å²) in [6.07, 6.45) is 4.73. The summed E-state index contributed by atoms with van der Waals surface area (Å²) in [7, 11) is 0. The highest BCUT2D eigenvalue weighted by molar-refractivity contribution is 6.24. The van der Waals surface area contributed by atoms with Crippen molar-refractivity contribution >= 4 is 28.3 Å². The molecule has 1 N–H and O–H groups in total. The van der Waals surface area contributed by atoms with Crippen LogP contribution in [0.25, 0.3) is 5.57 Å². The van der Waals surface area contributed by atoms with Gasteiger partial charge in [0.2, 0.25) is 0 Å². The molecule has 0 aromatic heterocycles. The van der Waals surface area contributed by atoms with Crippen LogP contribution >= 0.6 is 0 Å². The summed E-state index contributed by atoms with van der Waals surface area (Å²) >= 11 is 0. The highest BCUT2D eigenvalue weighted by Gasteiger charge is 2.20. The summed E-state index contributed by atoms with van der Waals surface area (Å²) in [5, 5.41) is 26.4. The highest BCUT2D eigenvalue weighted by Crippen LogP contribution is 2.30. The SMILES string of the molecule is O=[N+]([O-])c1ccc(N/N=C2\CCCC=C2c2ccccc2)c([N+](=O)[O-])c1.